The third kappa shape index (κ3) is 4.92. The Bertz CT molecular complexity index is 1270. The summed E-state index contributed by atoms with van der Waals surface area (Å²) >= 11 is 12.0. The molecule has 0 atom stereocenters. The Hall–Kier alpha value is -3.36. The molecule has 1 amide bonds. The van der Waals surface area contributed by atoms with E-state index in [4.69, 9.17) is 32.5 Å². The average Bonchev–Trinajstić information content (AvgIpc) is 3.36. The molecule has 0 aliphatic carbocycles. The number of amides is 1. The first-order chi connectivity index (χ1) is 15.4. The van der Waals surface area contributed by atoms with Crippen molar-refractivity contribution in [3.63, 3.8) is 0 Å². The van der Waals surface area contributed by atoms with Crippen molar-refractivity contribution in [3.05, 3.63) is 93.2 Å². The van der Waals surface area contributed by atoms with E-state index in [1.807, 2.05) is 6.07 Å². The Morgan fingerprint density at radius 2 is 2.00 bits per heavy atom. The van der Waals surface area contributed by atoms with Gasteiger partial charge >= 0.3 is 0 Å². The second-order valence-electron chi connectivity index (χ2n) is 6.89. The number of anilines is 1. The molecule has 0 fully saturated rings. The van der Waals surface area contributed by atoms with Gasteiger partial charge in [0.15, 0.2) is 23.1 Å². The second-order valence-corrected chi connectivity index (χ2v) is 7.70. The van der Waals surface area contributed by atoms with Crippen LogP contribution in [0.1, 0.15) is 27.4 Å². The van der Waals surface area contributed by atoms with E-state index in [1.165, 1.54) is 12.1 Å². The van der Waals surface area contributed by atoms with E-state index in [2.05, 4.69) is 15.6 Å². The van der Waals surface area contributed by atoms with Crippen LogP contribution in [-0.4, -0.2) is 20.8 Å². The van der Waals surface area contributed by atoms with Crippen LogP contribution in [0.5, 0.6) is 5.75 Å². The zero-order chi connectivity index (χ0) is 22.7. The highest BCUT2D eigenvalue weighted by molar-refractivity contribution is 6.42. The normalized spacial score (nSPS) is 10.9. The Morgan fingerprint density at radius 3 is 2.78 bits per heavy atom. The Morgan fingerprint density at radius 1 is 1.19 bits per heavy atom. The summed E-state index contributed by atoms with van der Waals surface area (Å²) in [7, 11) is 0. The highest BCUT2D eigenvalue weighted by Crippen LogP contribution is 2.23. The first-order valence-electron chi connectivity index (χ1n) is 9.52. The van der Waals surface area contributed by atoms with Gasteiger partial charge in [-0.15, -0.1) is 0 Å². The monoisotopic (exact) mass is 474 g/mol. The molecule has 0 unspecified atom stereocenters. The Kier molecular flexibility index (Phi) is 6.43. The standard InChI is InChI=1S/C22H17Cl2FN4O3/c1-13-15(12-31-19-5-3-2-4-18(19)25)21(28-32-13)22(30)26-20-8-9-29(27-20)11-14-6-7-16(23)17(24)10-14/h2-10H,11-12H2,1H3,(H,26,27,30). The molecule has 2 heterocycles. The number of halogens is 3. The van der Waals surface area contributed by atoms with Gasteiger partial charge in [-0.3, -0.25) is 9.48 Å². The Balaban J connectivity index is 1.43. The van der Waals surface area contributed by atoms with Crippen molar-refractivity contribution in [3.8, 4) is 5.75 Å². The van der Waals surface area contributed by atoms with Gasteiger partial charge in [0, 0.05) is 12.3 Å². The quantitative estimate of drug-likeness (QED) is 0.382. The lowest BCUT2D eigenvalue weighted by Gasteiger charge is -2.07. The topological polar surface area (TPSA) is 82.2 Å². The summed E-state index contributed by atoms with van der Waals surface area (Å²) in [5.74, 6) is -0.220. The minimum Gasteiger partial charge on any atom is -0.486 e. The maximum absolute atomic E-state index is 13.8. The van der Waals surface area contributed by atoms with Crippen molar-refractivity contribution < 1.29 is 18.4 Å². The summed E-state index contributed by atoms with van der Waals surface area (Å²) in [6.45, 7) is 2.01. The van der Waals surface area contributed by atoms with Crippen LogP contribution in [0.25, 0.3) is 0 Å². The number of aromatic nitrogens is 3. The highest BCUT2D eigenvalue weighted by Gasteiger charge is 2.21. The molecule has 2 aromatic heterocycles. The summed E-state index contributed by atoms with van der Waals surface area (Å²) in [6.07, 6.45) is 1.72. The molecule has 4 aromatic rings. The summed E-state index contributed by atoms with van der Waals surface area (Å²) < 4.78 is 26.1. The van der Waals surface area contributed by atoms with Crippen molar-refractivity contribution in [1.82, 2.24) is 14.9 Å². The molecule has 0 spiro atoms. The van der Waals surface area contributed by atoms with Crippen LogP contribution in [-0.2, 0) is 13.2 Å². The van der Waals surface area contributed by atoms with Crippen LogP contribution in [0.2, 0.25) is 10.0 Å². The van der Waals surface area contributed by atoms with E-state index < -0.39 is 11.7 Å². The molecular weight excluding hydrogens is 458 g/mol. The van der Waals surface area contributed by atoms with Gasteiger partial charge in [0.1, 0.15) is 12.4 Å². The minimum absolute atomic E-state index is 0.0397. The predicted octanol–water partition coefficient (Wildman–Crippen LogP) is 5.51. The maximum Gasteiger partial charge on any atom is 0.279 e. The summed E-state index contributed by atoms with van der Waals surface area (Å²) in [6, 6.07) is 13.0. The summed E-state index contributed by atoms with van der Waals surface area (Å²) in [4.78, 5) is 12.7. The van der Waals surface area contributed by atoms with Crippen molar-refractivity contribution in [2.45, 2.75) is 20.1 Å². The third-order valence-electron chi connectivity index (χ3n) is 4.62. The number of rotatable bonds is 7. The largest absolute Gasteiger partial charge is 0.486 e. The number of hydrogen-bond donors (Lipinski definition) is 1. The molecule has 164 valence electrons. The van der Waals surface area contributed by atoms with Gasteiger partial charge in [0.25, 0.3) is 5.91 Å². The van der Waals surface area contributed by atoms with E-state index >= 15 is 0 Å². The predicted molar refractivity (Wildman–Crippen MR) is 118 cm³/mol. The highest BCUT2D eigenvalue weighted by atomic mass is 35.5. The van der Waals surface area contributed by atoms with Crippen LogP contribution >= 0.6 is 23.2 Å². The second kappa shape index (κ2) is 9.42. The molecule has 7 nitrogen and oxygen atoms in total. The van der Waals surface area contributed by atoms with Crippen molar-refractivity contribution in [2.24, 2.45) is 0 Å². The van der Waals surface area contributed by atoms with Crippen molar-refractivity contribution in [1.29, 1.82) is 0 Å². The molecule has 1 N–H and O–H groups in total. The molecule has 32 heavy (non-hydrogen) atoms. The van der Waals surface area contributed by atoms with E-state index in [-0.39, 0.29) is 18.1 Å². The molecule has 0 saturated carbocycles. The minimum atomic E-state index is -0.520. The van der Waals surface area contributed by atoms with Gasteiger partial charge in [-0.05, 0) is 36.8 Å². The summed E-state index contributed by atoms with van der Waals surface area (Å²) in [5, 5.41) is 11.8. The van der Waals surface area contributed by atoms with E-state index in [9.17, 15) is 9.18 Å². The number of para-hydroxylation sites is 1. The maximum atomic E-state index is 13.8. The Labute approximate surface area is 192 Å². The number of ether oxygens (including phenoxy) is 1. The molecule has 2 aromatic carbocycles. The van der Waals surface area contributed by atoms with Gasteiger partial charge in [-0.1, -0.05) is 46.6 Å². The number of aryl methyl sites for hydroxylation is 1. The zero-order valence-corrected chi connectivity index (χ0v) is 18.3. The van der Waals surface area contributed by atoms with Crippen LogP contribution in [0.4, 0.5) is 10.2 Å². The lowest BCUT2D eigenvalue weighted by molar-refractivity contribution is 0.101. The molecule has 4 rings (SSSR count). The number of hydrogen-bond acceptors (Lipinski definition) is 5. The van der Waals surface area contributed by atoms with Crippen LogP contribution in [0, 0.1) is 12.7 Å². The van der Waals surface area contributed by atoms with Gasteiger partial charge < -0.3 is 14.6 Å². The third-order valence-corrected chi connectivity index (χ3v) is 5.36. The van der Waals surface area contributed by atoms with E-state index in [0.717, 1.165) is 5.56 Å². The van der Waals surface area contributed by atoms with Gasteiger partial charge in [-0.2, -0.15) is 5.10 Å². The summed E-state index contributed by atoms with van der Waals surface area (Å²) in [5.41, 5.74) is 1.36. The lowest BCUT2D eigenvalue weighted by Crippen LogP contribution is -2.16. The van der Waals surface area contributed by atoms with Gasteiger partial charge in [0.2, 0.25) is 0 Å². The number of nitrogens with one attached hydrogen (secondary N) is 1. The first kappa shape index (κ1) is 21.9. The average molecular weight is 475 g/mol. The molecule has 0 saturated heterocycles. The van der Waals surface area contributed by atoms with Gasteiger partial charge in [0.05, 0.1) is 22.2 Å². The number of nitrogens with zero attached hydrogens (tertiary/aromatic N) is 3. The molecule has 0 aliphatic heterocycles. The van der Waals surface area contributed by atoms with E-state index in [0.29, 0.717) is 33.7 Å². The fraction of sp³-hybridized carbons (Fsp3) is 0.136. The SMILES string of the molecule is Cc1onc(C(=O)Nc2ccn(Cc3ccc(Cl)c(Cl)c3)n2)c1COc1ccccc1F. The molecule has 0 radical (unpaired) electrons. The lowest BCUT2D eigenvalue weighted by atomic mass is 10.2. The van der Waals surface area contributed by atoms with Crippen LogP contribution < -0.4 is 10.1 Å². The fourth-order valence-electron chi connectivity index (χ4n) is 2.97. The molecule has 0 aliphatic rings. The van der Waals surface area contributed by atoms with Crippen molar-refractivity contribution in [2.75, 3.05) is 5.32 Å². The molecule has 0 bridgehead atoms. The van der Waals surface area contributed by atoms with Gasteiger partial charge in [-0.25, -0.2) is 4.39 Å². The number of carbonyl (C=O) groups excluding carboxylic acids is 1. The van der Waals surface area contributed by atoms with Crippen molar-refractivity contribution >= 4 is 34.9 Å². The number of benzene rings is 2. The first-order valence-corrected chi connectivity index (χ1v) is 10.3. The zero-order valence-electron chi connectivity index (χ0n) is 16.8. The molecular formula is C22H17Cl2FN4O3. The smallest absolute Gasteiger partial charge is 0.279 e. The van der Waals surface area contributed by atoms with Crippen LogP contribution in [0.3, 0.4) is 0 Å². The number of carbonyl (C=O) groups is 1. The van der Waals surface area contributed by atoms with E-state index in [1.54, 1.807) is 48.1 Å². The fourth-order valence-corrected chi connectivity index (χ4v) is 3.29. The van der Waals surface area contributed by atoms with Crippen LogP contribution in [0.15, 0.2) is 59.3 Å². The molecule has 10 heteroatoms.